The zero-order valence-corrected chi connectivity index (χ0v) is 12.9. The number of hydrogen-bond acceptors (Lipinski definition) is 2. The molecular formula is C18H20N2S. The van der Waals surface area contributed by atoms with Crippen molar-refractivity contribution in [2.24, 2.45) is 5.73 Å². The largest absolute Gasteiger partial charge is 0.389 e. The molecule has 1 fully saturated rings. The summed E-state index contributed by atoms with van der Waals surface area (Å²) in [6.07, 6.45) is 1.24. The highest BCUT2D eigenvalue weighted by Crippen LogP contribution is 2.27. The van der Waals surface area contributed by atoms with E-state index in [1.54, 1.807) is 0 Å². The van der Waals surface area contributed by atoms with Crippen LogP contribution in [0.1, 0.15) is 29.0 Å². The summed E-state index contributed by atoms with van der Waals surface area (Å²) in [5.41, 5.74) is 9.41. The lowest BCUT2D eigenvalue weighted by Gasteiger charge is -2.16. The molecule has 3 rings (SSSR count). The van der Waals surface area contributed by atoms with Crippen LogP contribution in [0.2, 0.25) is 0 Å². The van der Waals surface area contributed by atoms with Gasteiger partial charge in [-0.3, -0.25) is 4.90 Å². The molecule has 2 N–H and O–H groups in total. The Bertz CT molecular complexity index is 624. The van der Waals surface area contributed by atoms with E-state index >= 15 is 0 Å². The molecule has 0 amide bonds. The van der Waals surface area contributed by atoms with Crippen molar-refractivity contribution in [2.45, 2.75) is 18.9 Å². The van der Waals surface area contributed by atoms with Gasteiger partial charge in [0.25, 0.3) is 0 Å². The Hall–Kier alpha value is -1.71. The maximum absolute atomic E-state index is 5.71. The maximum Gasteiger partial charge on any atom is 0.103 e. The maximum atomic E-state index is 5.71. The summed E-state index contributed by atoms with van der Waals surface area (Å²) < 4.78 is 0. The highest BCUT2D eigenvalue weighted by molar-refractivity contribution is 7.80. The molecule has 0 bridgehead atoms. The van der Waals surface area contributed by atoms with Gasteiger partial charge >= 0.3 is 0 Å². The van der Waals surface area contributed by atoms with Crippen LogP contribution in [0.5, 0.6) is 0 Å². The molecule has 2 aromatic carbocycles. The summed E-state index contributed by atoms with van der Waals surface area (Å²) in [5.74, 6) is 0.657. The lowest BCUT2D eigenvalue weighted by Crippen LogP contribution is -2.20. The van der Waals surface area contributed by atoms with Gasteiger partial charge < -0.3 is 5.73 Å². The second-order valence-electron chi connectivity index (χ2n) is 5.70. The van der Waals surface area contributed by atoms with Crippen LogP contribution < -0.4 is 5.73 Å². The van der Waals surface area contributed by atoms with Crippen molar-refractivity contribution in [3.63, 3.8) is 0 Å². The number of likely N-dealkylation sites (tertiary alicyclic amines) is 1. The van der Waals surface area contributed by atoms with E-state index in [1.807, 2.05) is 12.1 Å². The first-order valence-electron chi connectivity index (χ1n) is 7.38. The van der Waals surface area contributed by atoms with Gasteiger partial charge in [-0.15, -0.1) is 0 Å². The topological polar surface area (TPSA) is 29.3 Å². The quantitative estimate of drug-likeness (QED) is 0.878. The molecule has 1 aliphatic heterocycles. The fourth-order valence-electron chi connectivity index (χ4n) is 3.05. The third-order valence-corrected chi connectivity index (χ3v) is 4.40. The van der Waals surface area contributed by atoms with Crippen LogP contribution in [-0.4, -0.2) is 23.0 Å². The summed E-state index contributed by atoms with van der Waals surface area (Å²) in [5, 5.41) is 0. The molecule has 3 heteroatoms. The van der Waals surface area contributed by atoms with E-state index in [2.05, 4.69) is 47.4 Å². The first-order valence-corrected chi connectivity index (χ1v) is 7.79. The fourth-order valence-corrected chi connectivity index (χ4v) is 3.18. The van der Waals surface area contributed by atoms with Gasteiger partial charge in [-0.2, -0.15) is 0 Å². The summed E-state index contributed by atoms with van der Waals surface area (Å²) in [4.78, 5) is 2.98. The minimum atomic E-state index is 0.473. The molecule has 0 saturated carbocycles. The van der Waals surface area contributed by atoms with Crippen molar-refractivity contribution >= 4 is 17.2 Å². The van der Waals surface area contributed by atoms with E-state index in [0.29, 0.717) is 10.9 Å². The van der Waals surface area contributed by atoms with Crippen LogP contribution in [0, 0.1) is 0 Å². The number of rotatable bonds is 4. The van der Waals surface area contributed by atoms with Gasteiger partial charge in [0.05, 0.1) is 0 Å². The number of thiocarbonyl (C=S) groups is 1. The van der Waals surface area contributed by atoms with E-state index < -0.39 is 0 Å². The van der Waals surface area contributed by atoms with E-state index in [4.69, 9.17) is 18.0 Å². The van der Waals surface area contributed by atoms with Crippen molar-refractivity contribution in [3.05, 3.63) is 71.3 Å². The third-order valence-electron chi connectivity index (χ3n) is 4.16. The van der Waals surface area contributed by atoms with Gasteiger partial charge in [-0.1, -0.05) is 60.7 Å². The Balaban J connectivity index is 1.65. The Kier molecular flexibility index (Phi) is 4.32. The lowest BCUT2D eigenvalue weighted by molar-refractivity contribution is 0.327. The second kappa shape index (κ2) is 6.37. The number of benzene rings is 2. The zero-order chi connectivity index (χ0) is 14.7. The molecular weight excluding hydrogens is 276 g/mol. The summed E-state index contributed by atoms with van der Waals surface area (Å²) in [6, 6.07) is 19.1. The molecule has 1 aliphatic rings. The minimum absolute atomic E-state index is 0.473. The molecule has 1 atom stereocenters. The predicted molar refractivity (Wildman–Crippen MR) is 91.4 cm³/mol. The molecule has 21 heavy (non-hydrogen) atoms. The van der Waals surface area contributed by atoms with E-state index in [-0.39, 0.29) is 0 Å². The molecule has 1 saturated heterocycles. The van der Waals surface area contributed by atoms with Crippen LogP contribution >= 0.6 is 12.2 Å². The fraction of sp³-hybridized carbons (Fsp3) is 0.278. The SMILES string of the molecule is NC(=S)c1cccc(CN2CCC(c3ccccc3)C2)c1. The molecule has 2 nitrogen and oxygen atoms in total. The van der Waals surface area contributed by atoms with Gasteiger partial charge in [0, 0.05) is 18.7 Å². The normalized spacial score (nSPS) is 18.8. The highest BCUT2D eigenvalue weighted by atomic mass is 32.1. The third kappa shape index (κ3) is 3.49. The standard InChI is InChI=1S/C18H20N2S/c19-18(21)16-8-4-5-14(11-16)12-20-10-9-17(13-20)15-6-2-1-3-7-15/h1-8,11,17H,9-10,12-13H2,(H2,19,21). The Morgan fingerprint density at radius 2 is 1.95 bits per heavy atom. The molecule has 2 aromatic rings. The molecule has 0 radical (unpaired) electrons. The van der Waals surface area contributed by atoms with Crippen molar-refractivity contribution in [2.75, 3.05) is 13.1 Å². The lowest BCUT2D eigenvalue weighted by atomic mass is 9.99. The van der Waals surface area contributed by atoms with Crippen molar-refractivity contribution in [1.82, 2.24) is 4.90 Å². The smallest absolute Gasteiger partial charge is 0.103 e. The number of nitrogens with zero attached hydrogens (tertiary/aromatic N) is 1. The van der Waals surface area contributed by atoms with Gasteiger partial charge in [-0.25, -0.2) is 0 Å². The van der Waals surface area contributed by atoms with Gasteiger partial charge in [0.1, 0.15) is 4.99 Å². The molecule has 1 unspecified atom stereocenters. The summed E-state index contributed by atoms with van der Waals surface area (Å²) >= 11 is 5.05. The molecule has 0 aliphatic carbocycles. The van der Waals surface area contributed by atoms with E-state index in [0.717, 1.165) is 25.2 Å². The van der Waals surface area contributed by atoms with Crippen molar-refractivity contribution in [1.29, 1.82) is 0 Å². The average Bonchev–Trinajstić information content (AvgIpc) is 2.97. The van der Waals surface area contributed by atoms with Crippen LogP contribution in [0.15, 0.2) is 54.6 Å². The Morgan fingerprint density at radius 1 is 1.14 bits per heavy atom. The van der Waals surface area contributed by atoms with Crippen LogP contribution in [0.25, 0.3) is 0 Å². The van der Waals surface area contributed by atoms with E-state index in [1.165, 1.54) is 17.5 Å². The summed E-state index contributed by atoms with van der Waals surface area (Å²) in [7, 11) is 0. The predicted octanol–water partition coefficient (Wildman–Crippen LogP) is 3.31. The highest BCUT2D eigenvalue weighted by Gasteiger charge is 2.23. The molecule has 0 spiro atoms. The monoisotopic (exact) mass is 296 g/mol. The summed E-state index contributed by atoms with van der Waals surface area (Å²) in [6.45, 7) is 3.25. The first-order chi connectivity index (χ1) is 10.2. The van der Waals surface area contributed by atoms with Gasteiger partial charge in [0.15, 0.2) is 0 Å². The molecule has 0 aromatic heterocycles. The first kappa shape index (κ1) is 14.2. The molecule has 1 heterocycles. The number of hydrogen-bond donors (Lipinski definition) is 1. The average molecular weight is 296 g/mol. The van der Waals surface area contributed by atoms with Crippen LogP contribution in [0.4, 0.5) is 0 Å². The van der Waals surface area contributed by atoms with E-state index in [9.17, 15) is 0 Å². The van der Waals surface area contributed by atoms with Crippen molar-refractivity contribution in [3.8, 4) is 0 Å². The Labute approximate surface area is 131 Å². The zero-order valence-electron chi connectivity index (χ0n) is 12.0. The number of nitrogens with two attached hydrogens (primary N) is 1. The van der Waals surface area contributed by atoms with Gasteiger partial charge in [-0.05, 0) is 36.1 Å². The minimum Gasteiger partial charge on any atom is -0.389 e. The van der Waals surface area contributed by atoms with Crippen LogP contribution in [-0.2, 0) is 6.54 Å². The van der Waals surface area contributed by atoms with Crippen LogP contribution in [0.3, 0.4) is 0 Å². The van der Waals surface area contributed by atoms with Crippen molar-refractivity contribution < 1.29 is 0 Å². The Morgan fingerprint density at radius 3 is 2.71 bits per heavy atom. The molecule has 108 valence electrons. The second-order valence-corrected chi connectivity index (χ2v) is 6.14. The van der Waals surface area contributed by atoms with Gasteiger partial charge in [0.2, 0.25) is 0 Å².